The predicted molar refractivity (Wildman–Crippen MR) is 144 cm³/mol. The minimum atomic E-state index is -0.900. The highest BCUT2D eigenvalue weighted by Crippen LogP contribution is 2.65. The molecule has 38 heavy (non-hydrogen) atoms. The molecule has 0 N–H and O–H groups in total. The SMILES string of the molecule is CCCCOC(=O)c1c(OC)ccc(CCB2OC3CC4CC(C4(C)C)C3(C)O2)c1OC(=O)OC(C)(C)C. The van der Waals surface area contributed by atoms with Gasteiger partial charge in [-0.1, -0.05) is 33.3 Å². The largest absolute Gasteiger partial charge is 0.514 e. The van der Waals surface area contributed by atoms with Crippen molar-refractivity contribution in [3.63, 3.8) is 0 Å². The van der Waals surface area contributed by atoms with Crippen molar-refractivity contribution in [2.45, 2.75) is 104 Å². The van der Waals surface area contributed by atoms with Crippen LogP contribution in [0.15, 0.2) is 12.1 Å². The van der Waals surface area contributed by atoms with E-state index in [1.165, 1.54) is 13.5 Å². The van der Waals surface area contributed by atoms with Crippen LogP contribution in [-0.4, -0.2) is 50.3 Å². The van der Waals surface area contributed by atoms with Gasteiger partial charge >= 0.3 is 19.2 Å². The average molecular weight is 530 g/mol. The first-order valence-corrected chi connectivity index (χ1v) is 13.9. The van der Waals surface area contributed by atoms with Crippen molar-refractivity contribution >= 4 is 19.2 Å². The maximum Gasteiger partial charge on any atom is 0.514 e. The van der Waals surface area contributed by atoms with Crippen LogP contribution in [0.4, 0.5) is 4.79 Å². The molecule has 0 amide bonds. The summed E-state index contributed by atoms with van der Waals surface area (Å²) in [7, 11) is 1.08. The van der Waals surface area contributed by atoms with Crippen LogP contribution in [-0.2, 0) is 25.2 Å². The lowest BCUT2D eigenvalue weighted by atomic mass is 9.43. The predicted octanol–water partition coefficient (Wildman–Crippen LogP) is 6.24. The van der Waals surface area contributed by atoms with Crippen LogP contribution < -0.4 is 9.47 Å². The smallest absolute Gasteiger partial charge is 0.496 e. The molecule has 0 aromatic heterocycles. The van der Waals surface area contributed by atoms with Gasteiger partial charge in [0.1, 0.15) is 16.9 Å². The third-order valence-electron chi connectivity index (χ3n) is 8.58. The number of benzene rings is 1. The zero-order valence-corrected chi connectivity index (χ0v) is 24.2. The number of aryl methyl sites for hydroxylation is 1. The fourth-order valence-corrected chi connectivity index (χ4v) is 6.37. The molecule has 4 unspecified atom stereocenters. The Morgan fingerprint density at radius 2 is 1.89 bits per heavy atom. The number of ether oxygens (including phenoxy) is 4. The quantitative estimate of drug-likeness (QED) is 0.161. The average Bonchev–Trinajstić information content (AvgIpc) is 3.17. The fourth-order valence-electron chi connectivity index (χ4n) is 6.37. The molecule has 2 bridgehead atoms. The van der Waals surface area contributed by atoms with Gasteiger partial charge < -0.3 is 28.3 Å². The molecular formula is C29H43BO8. The summed E-state index contributed by atoms with van der Waals surface area (Å²) in [6.07, 6.45) is 4.00. The molecule has 0 radical (unpaired) electrons. The van der Waals surface area contributed by atoms with Crippen molar-refractivity contribution in [1.82, 2.24) is 0 Å². The number of rotatable bonds is 9. The normalized spacial score (nSPS) is 27.3. The Hall–Kier alpha value is -2.26. The molecule has 1 aromatic rings. The van der Waals surface area contributed by atoms with Crippen LogP contribution in [0.2, 0.25) is 6.32 Å². The lowest BCUT2D eigenvalue weighted by Crippen LogP contribution is -2.65. The third-order valence-corrected chi connectivity index (χ3v) is 8.58. The minimum Gasteiger partial charge on any atom is -0.496 e. The Bertz CT molecular complexity index is 1050. The molecule has 4 aliphatic rings. The molecule has 1 saturated heterocycles. The van der Waals surface area contributed by atoms with E-state index in [9.17, 15) is 9.59 Å². The van der Waals surface area contributed by atoms with E-state index in [2.05, 4.69) is 20.8 Å². The van der Waals surface area contributed by atoms with Crippen LogP contribution in [0, 0.1) is 17.3 Å². The third kappa shape index (κ3) is 5.55. The Balaban J connectivity index is 1.56. The summed E-state index contributed by atoms with van der Waals surface area (Å²) in [4.78, 5) is 25.8. The van der Waals surface area contributed by atoms with Gasteiger partial charge in [-0.05, 0) is 88.6 Å². The summed E-state index contributed by atoms with van der Waals surface area (Å²) in [6.45, 7) is 14.4. The lowest BCUT2D eigenvalue weighted by Gasteiger charge is -2.64. The molecule has 1 aromatic carbocycles. The molecule has 9 heteroatoms. The summed E-state index contributed by atoms with van der Waals surface area (Å²) in [5.41, 5.74) is -0.0725. The molecule has 3 aliphatic carbocycles. The standard InChI is InChI=1S/C29H43BO8/c1-9-10-15-34-25(31)23-20(33-8)12-11-18(24(23)35-26(32)36-27(2,3)4)13-14-30-37-22-17-19-16-21(28(19,5)6)29(22,7)38-30/h11-12,19,21-22H,9-10,13-17H2,1-8H3. The van der Waals surface area contributed by atoms with Crippen molar-refractivity contribution < 1.29 is 37.8 Å². The zero-order chi connectivity index (χ0) is 27.9. The van der Waals surface area contributed by atoms with Gasteiger partial charge in [0.15, 0.2) is 5.75 Å². The van der Waals surface area contributed by atoms with Crippen molar-refractivity contribution in [2.24, 2.45) is 17.3 Å². The maximum absolute atomic E-state index is 13.1. The van der Waals surface area contributed by atoms with Gasteiger partial charge in [0.2, 0.25) is 0 Å². The van der Waals surface area contributed by atoms with E-state index >= 15 is 0 Å². The van der Waals surface area contributed by atoms with E-state index in [0.29, 0.717) is 30.1 Å². The Morgan fingerprint density at radius 1 is 1.16 bits per heavy atom. The highest BCUT2D eigenvalue weighted by Gasteiger charge is 2.67. The van der Waals surface area contributed by atoms with Crippen molar-refractivity contribution in [3.8, 4) is 11.5 Å². The molecule has 3 saturated carbocycles. The number of hydrogen-bond donors (Lipinski definition) is 0. The van der Waals surface area contributed by atoms with Gasteiger partial charge in [0.05, 0.1) is 25.4 Å². The highest BCUT2D eigenvalue weighted by molar-refractivity contribution is 6.45. The van der Waals surface area contributed by atoms with E-state index in [4.69, 9.17) is 28.3 Å². The second-order valence-electron chi connectivity index (χ2n) is 12.6. The molecule has 8 nitrogen and oxygen atoms in total. The number of carbonyl (C=O) groups excluding carboxylic acids is 2. The number of hydrogen-bond acceptors (Lipinski definition) is 8. The molecule has 5 rings (SSSR count). The topological polar surface area (TPSA) is 89.5 Å². The number of esters is 1. The van der Waals surface area contributed by atoms with Crippen molar-refractivity contribution in [1.29, 1.82) is 0 Å². The molecule has 1 heterocycles. The molecular weight excluding hydrogens is 487 g/mol. The first-order chi connectivity index (χ1) is 17.8. The van der Waals surface area contributed by atoms with Gasteiger partial charge in [-0.2, -0.15) is 0 Å². The first kappa shape index (κ1) is 28.7. The van der Waals surface area contributed by atoms with Crippen molar-refractivity contribution in [2.75, 3.05) is 13.7 Å². The second kappa shape index (κ2) is 10.7. The van der Waals surface area contributed by atoms with E-state index in [0.717, 1.165) is 19.3 Å². The highest BCUT2D eigenvalue weighted by atomic mass is 16.7. The van der Waals surface area contributed by atoms with E-state index in [1.54, 1.807) is 32.9 Å². The van der Waals surface area contributed by atoms with E-state index in [1.807, 2.05) is 6.92 Å². The lowest BCUT2D eigenvalue weighted by molar-refractivity contribution is -0.199. The van der Waals surface area contributed by atoms with Crippen LogP contribution >= 0.6 is 0 Å². The van der Waals surface area contributed by atoms with Gasteiger partial charge in [0.25, 0.3) is 0 Å². The summed E-state index contributed by atoms with van der Waals surface area (Å²) in [5.74, 6) is 0.891. The summed E-state index contributed by atoms with van der Waals surface area (Å²) >= 11 is 0. The Morgan fingerprint density at radius 3 is 2.53 bits per heavy atom. The fraction of sp³-hybridized carbons (Fsp3) is 0.724. The number of unbranched alkanes of at least 4 members (excludes halogenated alkanes) is 1. The first-order valence-electron chi connectivity index (χ1n) is 13.9. The van der Waals surface area contributed by atoms with E-state index in [-0.39, 0.29) is 47.9 Å². The molecule has 0 spiro atoms. The van der Waals surface area contributed by atoms with Gasteiger partial charge in [-0.25, -0.2) is 9.59 Å². The number of methoxy groups -OCH3 is 1. The molecule has 1 aliphatic heterocycles. The maximum atomic E-state index is 13.1. The Kier molecular flexibility index (Phi) is 8.11. The van der Waals surface area contributed by atoms with Crippen LogP contribution in [0.5, 0.6) is 11.5 Å². The Labute approximate surface area is 227 Å². The molecule has 210 valence electrons. The molecule has 4 fully saturated rings. The van der Waals surface area contributed by atoms with E-state index < -0.39 is 17.7 Å². The summed E-state index contributed by atoms with van der Waals surface area (Å²) in [6, 6.07) is 3.49. The van der Waals surface area contributed by atoms with Crippen LogP contribution in [0.3, 0.4) is 0 Å². The van der Waals surface area contributed by atoms with Gasteiger partial charge in [0, 0.05) is 0 Å². The second-order valence-corrected chi connectivity index (χ2v) is 12.6. The van der Waals surface area contributed by atoms with Crippen molar-refractivity contribution in [3.05, 3.63) is 23.3 Å². The van der Waals surface area contributed by atoms with Gasteiger partial charge in [-0.15, -0.1) is 0 Å². The monoisotopic (exact) mass is 530 g/mol. The van der Waals surface area contributed by atoms with Gasteiger partial charge in [-0.3, -0.25) is 0 Å². The number of carbonyl (C=O) groups is 2. The zero-order valence-electron chi connectivity index (χ0n) is 24.2. The summed E-state index contributed by atoms with van der Waals surface area (Å²) in [5, 5.41) is 0. The minimum absolute atomic E-state index is 0.0726. The summed E-state index contributed by atoms with van der Waals surface area (Å²) < 4.78 is 35.0. The van der Waals surface area contributed by atoms with Crippen LogP contribution in [0.25, 0.3) is 0 Å². The molecule has 4 atom stereocenters. The van der Waals surface area contributed by atoms with Crippen LogP contribution in [0.1, 0.15) is 90.1 Å².